The van der Waals surface area contributed by atoms with Gasteiger partial charge >= 0.3 is 0 Å². The SMILES string of the molecule is Br.Br.CC(=O)C=C(C)C. The van der Waals surface area contributed by atoms with Gasteiger partial charge in [-0.2, -0.15) is 0 Å². The Bertz CT molecular complexity index is 104. The van der Waals surface area contributed by atoms with Gasteiger partial charge in [0.05, 0.1) is 0 Å². The molecule has 0 heterocycles. The first-order chi connectivity index (χ1) is 3.13. The molecule has 0 rings (SSSR count). The number of rotatable bonds is 1. The number of hydrogen-bond donors (Lipinski definition) is 0. The fourth-order valence-corrected chi connectivity index (χ4v) is 0.407. The molecule has 0 aliphatic carbocycles. The van der Waals surface area contributed by atoms with Gasteiger partial charge in [-0.05, 0) is 26.8 Å². The quantitative estimate of drug-likeness (QED) is 0.662. The zero-order chi connectivity index (χ0) is 5.86. The fourth-order valence-electron chi connectivity index (χ4n) is 0.407. The Labute approximate surface area is 77.1 Å². The fraction of sp³-hybridized carbons (Fsp3) is 0.500. The van der Waals surface area contributed by atoms with Gasteiger partial charge in [0.2, 0.25) is 0 Å². The predicted octanol–water partition coefficient (Wildman–Crippen LogP) is 2.70. The molecule has 3 heteroatoms. The third kappa shape index (κ3) is 17.8. The van der Waals surface area contributed by atoms with Gasteiger partial charge in [-0.1, -0.05) is 5.57 Å². The molecule has 0 amide bonds. The maximum atomic E-state index is 10.2. The Morgan fingerprint density at radius 2 is 1.44 bits per heavy atom. The minimum atomic E-state index is 0. The number of allylic oxidation sites excluding steroid dienone is 2. The first kappa shape index (κ1) is 16.2. The Balaban J connectivity index is -0.000000180. The first-order valence-corrected chi connectivity index (χ1v) is 2.28. The summed E-state index contributed by atoms with van der Waals surface area (Å²) >= 11 is 0. The molecular weight excluding hydrogens is 248 g/mol. The van der Waals surface area contributed by atoms with Crippen molar-refractivity contribution in [2.45, 2.75) is 20.8 Å². The van der Waals surface area contributed by atoms with Crippen molar-refractivity contribution >= 4 is 39.7 Å². The van der Waals surface area contributed by atoms with E-state index in [-0.39, 0.29) is 39.7 Å². The van der Waals surface area contributed by atoms with Crippen LogP contribution in [0.1, 0.15) is 20.8 Å². The van der Waals surface area contributed by atoms with Crippen molar-refractivity contribution in [1.29, 1.82) is 0 Å². The minimum Gasteiger partial charge on any atom is -0.295 e. The number of hydrogen-bond acceptors (Lipinski definition) is 1. The second-order valence-electron chi connectivity index (χ2n) is 1.83. The number of ketones is 1. The van der Waals surface area contributed by atoms with Gasteiger partial charge in [-0.3, -0.25) is 4.79 Å². The second-order valence-corrected chi connectivity index (χ2v) is 1.83. The molecule has 0 spiro atoms. The molecule has 0 aromatic carbocycles. The van der Waals surface area contributed by atoms with Gasteiger partial charge in [-0.25, -0.2) is 0 Å². The smallest absolute Gasteiger partial charge is 0.152 e. The molecule has 0 radical (unpaired) electrons. The molecule has 0 aromatic rings. The topological polar surface area (TPSA) is 17.1 Å². The van der Waals surface area contributed by atoms with Crippen LogP contribution in [0.3, 0.4) is 0 Å². The Kier molecular flexibility index (Phi) is 15.0. The van der Waals surface area contributed by atoms with Crippen LogP contribution >= 0.6 is 34.0 Å². The van der Waals surface area contributed by atoms with E-state index in [1.165, 1.54) is 0 Å². The van der Waals surface area contributed by atoms with Gasteiger partial charge < -0.3 is 0 Å². The van der Waals surface area contributed by atoms with Crippen molar-refractivity contribution in [3.05, 3.63) is 11.6 Å². The largest absolute Gasteiger partial charge is 0.295 e. The van der Waals surface area contributed by atoms with Crippen molar-refractivity contribution < 1.29 is 4.79 Å². The summed E-state index contributed by atoms with van der Waals surface area (Å²) in [6.45, 7) is 5.36. The molecule has 0 aliphatic heterocycles. The van der Waals surface area contributed by atoms with Crippen molar-refractivity contribution in [2.75, 3.05) is 0 Å². The lowest BCUT2D eigenvalue weighted by Gasteiger charge is -1.80. The predicted molar refractivity (Wildman–Crippen MR) is 50.8 cm³/mol. The van der Waals surface area contributed by atoms with Crippen LogP contribution in [0.4, 0.5) is 0 Å². The summed E-state index contributed by atoms with van der Waals surface area (Å²) < 4.78 is 0. The van der Waals surface area contributed by atoms with E-state index >= 15 is 0 Å². The van der Waals surface area contributed by atoms with E-state index in [2.05, 4.69) is 0 Å². The molecule has 56 valence electrons. The van der Waals surface area contributed by atoms with E-state index in [0.717, 1.165) is 5.57 Å². The van der Waals surface area contributed by atoms with E-state index in [4.69, 9.17) is 0 Å². The lowest BCUT2D eigenvalue weighted by atomic mass is 10.3. The van der Waals surface area contributed by atoms with E-state index in [0.29, 0.717) is 0 Å². The second kappa shape index (κ2) is 8.37. The molecule has 0 saturated heterocycles. The van der Waals surface area contributed by atoms with Crippen LogP contribution in [0.2, 0.25) is 0 Å². The summed E-state index contributed by atoms with van der Waals surface area (Å²) in [6.07, 6.45) is 1.61. The van der Waals surface area contributed by atoms with Gasteiger partial charge in [0.15, 0.2) is 5.78 Å². The molecule has 0 aliphatic rings. The van der Waals surface area contributed by atoms with Crippen LogP contribution in [0.5, 0.6) is 0 Å². The van der Waals surface area contributed by atoms with Gasteiger partial charge in [0, 0.05) is 0 Å². The highest BCUT2D eigenvalue weighted by Gasteiger charge is 1.80. The minimum absolute atomic E-state index is 0. The summed E-state index contributed by atoms with van der Waals surface area (Å²) in [5.74, 6) is 0.125. The first-order valence-electron chi connectivity index (χ1n) is 2.28. The van der Waals surface area contributed by atoms with Crippen LogP contribution in [-0.2, 0) is 4.79 Å². The molecule has 0 atom stereocenters. The van der Waals surface area contributed by atoms with E-state index in [9.17, 15) is 4.79 Å². The van der Waals surface area contributed by atoms with Crippen molar-refractivity contribution in [3.8, 4) is 0 Å². The normalized spacial score (nSPS) is 6.11. The molecule has 0 fully saturated rings. The average Bonchev–Trinajstić information content (AvgIpc) is 1.27. The summed E-state index contributed by atoms with van der Waals surface area (Å²) in [5.41, 5.74) is 1.06. The molecule has 0 saturated carbocycles. The monoisotopic (exact) mass is 258 g/mol. The van der Waals surface area contributed by atoms with Crippen LogP contribution in [-0.4, -0.2) is 5.78 Å². The van der Waals surface area contributed by atoms with Crippen LogP contribution < -0.4 is 0 Å². The summed E-state index contributed by atoms with van der Waals surface area (Å²) in [4.78, 5) is 10.2. The van der Waals surface area contributed by atoms with Crippen molar-refractivity contribution in [1.82, 2.24) is 0 Å². The van der Waals surface area contributed by atoms with Crippen LogP contribution in [0.25, 0.3) is 0 Å². The van der Waals surface area contributed by atoms with Gasteiger partial charge in [0.1, 0.15) is 0 Å². The molecular formula is C6H12Br2O. The van der Waals surface area contributed by atoms with Crippen molar-refractivity contribution in [2.24, 2.45) is 0 Å². The third-order valence-corrected chi connectivity index (χ3v) is 0.492. The highest BCUT2D eigenvalue weighted by Crippen LogP contribution is 1.86. The molecule has 1 nitrogen and oxygen atoms in total. The van der Waals surface area contributed by atoms with Gasteiger partial charge in [0.25, 0.3) is 0 Å². The number of carbonyl (C=O) groups is 1. The highest BCUT2D eigenvalue weighted by atomic mass is 79.9. The van der Waals surface area contributed by atoms with Crippen LogP contribution in [0, 0.1) is 0 Å². The maximum absolute atomic E-state index is 10.2. The Morgan fingerprint density at radius 1 is 1.11 bits per heavy atom. The molecule has 0 aromatic heterocycles. The highest BCUT2D eigenvalue weighted by molar-refractivity contribution is 8.93. The Hall–Kier alpha value is 0.370. The lowest BCUT2D eigenvalue weighted by molar-refractivity contribution is -0.112. The zero-order valence-corrected chi connectivity index (χ0v) is 9.23. The average molecular weight is 260 g/mol. The van der Waals surface area contributed by atoms with Crippen LogP contribution in [0.15, 0.2) is 11.6 Å². The summed E-state index contributed by atoms with van der Waals surface area (Å²) in [6, 6.07) is 0. The van der Waals surface area contributed by atoms with Crippen molar-refractivity contribution in [3.63, 3.8) is 0 Å². The standard InChI is InChI=1S/C6H10O.2BrH/c1-5(2)4-6(3)7;;/h4H,1-3H3;2*1H. The lowest BCUT2D eigenvalue weighted by Crippen LogP contribution is -1.80. The summed E-state index contributed by atoms with van der Waals surface area (Å²) in [7, 11) is 0. The van der Waals surface area contributed by atoms with E-state index in [1.807, 2.05) is 13.8 Å². The molecule has 0 unspecified atom stereocenters. The van der Waals surface area contributed by atoms with E-state index in [1.54, 1.807) is 13.0 Å². The molecule has 0 N–H and O–H groups in total. The maximum Gasteiger partial charge on any atom is 0.152 e. The Morgan fingerprint density at radius 3 is 1.44 bits per heavy atom. The zero-order valence-electron chi connectivity index (χ0n) is 5.80. The molecule has 0 bridgehead atoms. The number of halogens is 2. The molecule has 9 heavy (non-hydrogen) atoms. The van der Waals surface area contributed by atoms with E-state index < -0.39 is 0 Å². The summed E-state index contributed by atoms with van der Waals surface area (Å²) in [5, 5.41) is 0. The van der Waals surface area contributed by atoms with Gasteiger partial charge in [-0.15, -0.1) is 34.0 Å². The third-order valence-electron chi connectivity index (χ3n) is 0.492. The number of carbonyl (C=O) groups excluding carboxylic acids is 1.